The fraction of sp³-hybridized carbons (Fsp3) is 0.727. The first-order valence-corrected chi connectivity index (χ1v) is 5.20. The van der Waals surface area contributed by atoms with E-state index in [9.17, 15) is 4.79 Å². The third-order valence-electron chi connectivity index (χ3n) is 2.60. The van der Waals surface area contributed by atoms with Gasteiger partial charge in [-0.1, -0.05) is 25.0 Å². The molecule has 0 heterocycles. The summed E-state index contributed by atoms with van der Waals surface area (Å²) in [4.78, 5) is 11.3. The van der Waals surface area contributed by atoms with Crippen LogP contribution in [0.25, 0.3) is 0 Å². The number of amides is 1. The molecule has 0 atom stereocenters. The van der Waals surface area contributed by atoms with Gasteiger partial charge in [-0.3, -0.25) is 4.79 Å². The van der Waals surface area contributed by atoms with Crippen molar-refractivity contribution in [2.24, 2.45) is 5.92 Å². The van der Waals surface area contributed by atoms with Gasteiger partial charge in [0.25, 0.3) is 0 Å². The van der Waals surface area contributed by atoms with E-state index in [1.165, 1.54) is 25.7 Å². The summed E-state index contributed by atoms with van der Waals surface area (Å²) >= 11 is 0. The second-order valence-electron chi connectivity index (χ2n) is 3.73. The molecule has 0 spiro atoms. The summed E-state index contributed by atoms with van der Waals surface area (Å²) in [6.07, 6.45) is 9.77. The molecule has 1 rings (SSSR count). The summed E-state index contributed by atoms with van der Waals surface area (Å²) in [6.45, 7) is 2.64. The van der Waals surface area contributed by atoms with Crippen LogP contribution in [0.4, 0.5) is 0 Å². The van der Waals surface area contributed by atoms with E-state index in [0.717, 1.165) is 6.42 Å². The van der Waals surface area contributed by atoms with Crippen molar-refractivity contribution in [2.45, 2.75) is 39.0 Å². The average molecular weight is 181 g/mol. The lowest BCUT2D eigenvalue weighted by Gasteiger charge is -2.07. The molecule has 1 aliphatic rings. The third kappa shape index (κ3) is 4.11. The van der Waals surface area contributed by atoms with E-state index in [1.807, 2.05) is 19.1 Å². The van der Waals surface area contributed by atoms with Crippen molar-refractivity contribution in [3.8, 4) is 0 Å². The van der Waals surface area contributed by atoms with Crippen molar-refractivity contribution in [3.05, 3.63) is 12.2 Å². The van der Waals surface area contributed by atoms with Crippen LogP contribution < -0.4 is 5.32 Å². The van der Waals surface area contributed by atoms with Crippen LogP contribution in [0, 0.1) is 5.92 Å². The monoisotopic (exact) mass is 181 g/mol. The molecule has 1 aliphatic carbocycles. The molecule has 0 unspecified atom stereocenters. The van der Waals surface area contributed by atoms with E-state index in [0.29, 0.717) is 12.5 Å². The molecule has 1 N–H and O–H groups in total. The molecule has 13 heavy (non-hydrogen) atoms. The Morgan fingerprint density at radius 3 is 2.77 bits per heavy atom. The fourth-order valence-electron chi connectivity index (χ4n) is 1.84. The van der Waals surface area contributed by atoms with Gasteiger partial charge >= 0.3 is 0 Å². The second kappa shape index (κ2) is 5.79. The summed E-state index contributed by atoms with van der Waals surface area (Å²) in [5.41, 5.74) is 0. The van der Waals surface area contributed by atoms with Gasteiger partial charge in [0.15, 0.2) is 0 Å². The van der Waals surface area contributed by atoms with Crippen molar-refractivity contribution in [1.82, 2.24) is 5.32 Å². The first kappa shape index (κ1) is 10.3. The van der Waals surface area contributed by atoms with Crippen LogP contribution in [-0.4, -0.2) is 12.5 Å². The van der Waals surface area contributed by atoms with Gasteiger partial charge in [0.05, 0.1) is 0 Å². The minimum absolute atomic E-state index is 0.213. The summed E-state index contributed by atoms with van der Waals surface area (Å²) in [7, 11) is 0. The average Bonchev–Trinajstić information content (AvgIpc) is 2.57. The van der Waals surface area contributed by atoms with Crippen LogP contribution in [0.2, 0.25) is 0 Å². The summed E-state index contributed by atoms with van der Waals surface area (Å²) in [6, 6.07) is 0. The van der Waals surface area contributed by atoms with Crippen LogP contribution in [-0.2, 0) is 4.79 Å². The topological polar surface area (TPSA) is 29.1 Å². The number of rotatable bonds is 4. The minimum Gasteiger partial charge on any atom is -0.353 e. The molecule has 1 saturated carbocycles. The number of carbonyl (C=O) groups is 1. The van der Waals surface area contributed by atoms with Crippen LogP contribution in [0.5, 0.6) is 0 Å². The predicted octanol–water partition coefficient (Wildman–Crippen LogP) is 2.26. The van der Waals surface area contributed by atoms with E-state index in [-0.39, 0.29) is 5.91 Å². The van der Waals surface area contributed by atoms with Gasteiger partial charge in [0, 0.05) is 13.0 Å². The summed E-state index contributed by atoms with van der Waals surface area (Å²) in [5, 5.41) is 2.88. The predicted molar refractivity (Wildman–Crippen MR) is 54.4 cm³/mol. The van der Waals surface area contributed by atoms with E-state index in [2.05, 4.69) is 5.32 Å². The van der Waals surface area contributed by atoms with Gasteiger partial charge < -0.3 is 5.32 Å². The van der Waals surface area contributed by atoms with Gasteiger partial charge in [0.2, 0.25) is 5.91 Å². The van der Waals surface area contributed by atoms with E-state index in [4.69, 9.17) is 0 Å². The van der Waals surface area contributed by atoms with Gasteiger partial charge in [-0.05, 0) is 25.7 Å². The van der Waals surface area contributed by atoms with Crippen molar-refractivity contribution < 1.29 is 4.79 Å². The van der Waals surface area contributed by atoms with Gasteiger partial charge in [-0.15, -0.1) is 0 Å². The Balaban J connectivity index is 2.09. The Morgan fingerprint density at radius 1 is 1.46 bits per heavy atom. The molecular formula is C11H19NO. The first-order valence-electron chi connectivity index (χ1n) is 5.20. The number of nitrogens with one attached hydrogen (secondary N) is 1. The maximum absolute atomic E-state index is 11.3. The smallest absolute Gasteiger partial charge is 0.220 e. The number of allylic oxidation sites excluding steroid dienone is 1. The largest absolute Gasteiger partial charge is 0.353 e. The first-order chi connectivity index (χ1) is 6.33. The molecule has 74 valence electrons. The SMILES string of the molecule is C/C=C\CNC(=O)CC1CCCC1. The molecule has 0 aromatic heterocycles. The lowest BCUT2D eigenvalue weighted by molar-refractivity contribution is -0.121. The zero-order valence-electron chi connectivity index (χ0n) is 8.38. The lowest BCUT2D eigenvalue weighted by Crippen LogP contribution is -2.24. The summed E-state index contributed by atoms with van der Waals surface area (Å²) in [5.74, 6) is 0.871. The molecule has 0 aromatic carbocycles. The highest BCUT2D eigenvalue weighted by molar-refractivity contribution is 5.76. The zero-order chi connectivity index (χ0) is 9.52. The van der Waals surface area contributed by atoms with Crippen molar-refractivity contribution in [3.63, 3.8) is 0 Å². The molecule has 0 aromatic rings. The number of hydrogen-bond donors (Lipinski definition) is 1. The zero-order valence-corrected chi connectivity index (χ0v) is 8.38. The van der Waals surface area contributed by atoms with Gasteiger partial charge in [0.1, 0.15) is 0 Å². The Labute approximate surface area is 80.4 Å². The van der Waals surface area contributed by atoms with Crippen LogP contribution >= 0.6 is 0 Å². The molecule has 1 amide bonds. The molecular weight excluding hydrogens is 162 g/mol. The van der Waals surface area contributed by atoms with Gasteiger partial charge in [-0.2, -0.15) is 0 Å². The number of carbonyl (C=O) groups excluding carboxylic acids is 1. The highest BCUT2D eigenvalue weighted by Gasteiger charge is 2.17. The van der Waals surface area contributed by atoms with Crippen molar-refractivity contribution >= 4 is 5.91 Å². The number of hydrogen-bond acceptors (Lipinski definition) is 1. The molecule has 2 heteroatoms. The van der Waals surface area contributed by atoms with Crippen molar-refractivity contribution in [1.29, 1.82) is 0 Å². The molecule has 2 nitrogen and oxygen atoms in total. The quantitative estimate of drug-likeness (QED) is 0.662. The Morgan fingerprint density at radius 2 is 2.15 bits per heavy atom. The Hall–Kier alpha value is -0.790. The normalized spacial score (nSPS) is 18.2. The van der Waals surface area contributed by atoms with Crippen LogP contribution in [0.3, 0.4) is 0 Å². The highest BCUT2D eigenvalue weighted by Crippen LogP contribution is 2.27. The van der Waals surface area contributed by atoms with E-state index >= 15 is 0 Å². The standard InChI is InChI=1S/C11H19NO/c1-2-3-8-12-11(13)9-10-6-4-5-7-10/h2-3,10H,4-9H2,1H3,(H,12,13)/b3-2-. The third-order valence-corrected chi connectivity index (χ3v) is 2.60. The minimum atomic E-state index is 0.213. The molecule has 0 radical (unpaired) electrons. The summed E-state index contributed by atoms with van der Waals surface area (Å²) < 4.78 is 0. The Bertz CT molecular complexity index is 181. The van der Waals surface area contributed by atoms with Crippen molar-refractivity contribution in [2.75, 3.05) is 6.54 Å². The van der Waals surface area contributed by atoms with Crippen LogP contribution in [0.1, 0.15) is 39.0 Å². The fourth-order valence-corrected chi connectivity index (χ4v) is 1.84. The maximum atomic E-state index is 11.3. The van der Waals surface area contributed by atoms with E-state index < -0.39 is 0 Å². The Kier molecular flexibility index (Phi) is 4.58. The second-order valence-corrected chi connectivity index (χ2v) is 3.73. The molecule has 1 fully saturated rings. The van der Waals surface area contributed by atoms with Gasteiger partial charge in [-0.25, -0.2) is 0 Å². The molecule has 0 bridgehead atoms. The maximum Gasteiger partial charge on any atom is 0.220 e. The van der Waals surface area contributed by atoms with E-state index in [1.54, 1.807) is 0 Å². The lowest BCUT2D eigenvalue weighted by atomic mass is 10.0. The van der Waals surface area contributed by atoms with Crippen LogP contribution in [0.15, 0.2) is 12.2 Å². The molecule has 0 aliphatic heterocycles. The highest BCUT2D eigenvalue weighted by atomic mass is 16.1. The molecule has 0 saturated heterocycles.